The fourth-order valence-corrected chi connectivity index (χ4v) is 4.95. The maximum atomic E-state index is 12.7. The van der Waals surface area contributed by atoms with Gasteiger partial charge in [0.05, 0.1) is 30.6 Å². The maximum absolute atomic E-state index is 12.7. The van der Waals surface area contributed by atoms with E-state index in [4.69, 9.17) is 19.0 Å². The van der Waals surface area contributed by atoms with Crippen molar-refractivity contribution in [2.45, 2.75) is 89.3 Å². The molecule has 3 aliphatic rings. The summed E-state index contributed by atoms with van der Waals surface area (Å²) < 4.78 is 17.6. The Morgan fingerprint density at radius 2 is 2.00 bits per heavy atom. The summed E-state index contributed by atoms with van der Waals surface area (Å²) in [4.78, 5) is 17.7. The number of oxime groups is 1. The maximum Gasteiger partial charge on any atom is 0.330 e. The molecule has 1 N–H and O–H groups in total. The first-order valence-corrected chi connectivity index (χ1v) is 13.6. The van der Waals surface area contributed by atoms with Crippen LogP contribution in [0.15, 0.2) is 77.6 Å². The molecule has 3 rings (SSSR count). The minimum absolute atomic E-state index is 0.0761. The number of carbonyl (C=O) groups is 1. The van der Waals surface area contributed by atoms with E-state index in [0.29, 0.717) is 31.8 Å². The van der Waals surface area contributed by atoms with Crippen molar-refractivity contribution in [1.82, 2.24) is 0 Å². The quantitative estimate of drug-likeness (QED) is 0.295. The lowest BCUT2D eigenvalue weighted by molar-refractivity contribution is -0.147. The minimum Gasteiger partial charge on any atom is -0.456 e. The summed E-state index contributed by atoms with van der Waals surface area (Å²) >= 11 is 0. The van der Waals surface area contributed by atoms with Gasteiger partial charge in [0.2, 0.25) is 0 Å². The molecule has 3 aliphatic heterocycles. The second-order valence-corrected chi connectivity index (χ2v) is 10.5. The number of carbonyl (C=O) groups excluding carboxylic acids is 1. The number of hydrogen-bond donors (Lipinski definition) is 1. The molecule has 0 aromatic carbocycles. The largest absolute Gasteiger partial charge is 0.456 e. The highest BCUT2D eigenvalue weighted by Crippen LogP contribution is 2.25. The Morgan fingerprint density at radius 3 is 2.79 bits per heavy atom. The van der Waals surface area contributed by atoms with Gasteiger partial charge in [-0.2, -0.15) is 0 Å². The Balaban J connectivity index is 1.76. The summed E-state index contributed by atoms with van der Waals surface area (Å²) in [6.45, 7) is 9.10. The molecule has 38 heavy (non-hydrogen) atoms. The first-order chi connectivity index (χ1) is 18.3. The van der Waals surface area contributed by atoms with Gasteiger partial charge in [-0.3, -0.25) is 0 Å². The predicted octanol–water partition coefficient (Wildman–Crippen LogP) is 5.54. The standard InChI is InChI=1S/C31H43NO6/c1-22-16-17-36-27(20-22)14-15-29(33)30-12-5-8-25(32-35-4)19-23(2)18-24(3)21-28-11-6-9-26(37-28)10-7-13-31(34)38-30/h5-9,13-16,24,26-30,33H,2,10-12,17-21H2,1,3-4H3/b8-5+,13-7+,15-14?,32-25?. The number of aliphatic hydroxyl groups is 1. The highest BCUT2D eigenvalue weighted by atomic mass is 16.6. The molecular weight excluding hydrogens is 482 g/mol. The van der Waals surface area contributed by atoms with E-state index in [1.165, 1.54) is 18.8 Å². The molecule has 208 valence electrons. The lowest BCUT2D eigenvalue weighted by Gasteiger charge is -2.28. The van der Waals surface area contributed by atoms with Gasteiger partial charge in [-0.25, -0.2) is 4.79 Å². The van der Waals surface area contributed by atoms with Gasteiger partial charge in [-0.15, -0.1) is 0 Å². The average Bonchev–Trinajstić information content (AvgIpc) is 2.86. The molecule has 0 fully saturated rings. The number of ether oxygens (including phenoxy) is 3. The molecule has 0 spiro atoms. The monoisotopic (exact) mass is 525 g/mol. The minimum atomic E-state index is -0.999. The number of aliphatic hydroxyl groups excluding tert-OH is 1. The summed E-state index contributed by atoms with van der Waals surface area (Å²) in [6.07, 6.45) is 19.7. The lowest BCUT2D eigenvalue weighted by atomic mass is 9.91. The van der Waals surface area contributed by atoms with Crippen molar-refractivity contribution < 1.29 is 28.9 Å². The summed E-state index contributed by atoms with van der Waals surface area (Å²) in [5.74, 6) is -0.0932. The Bertz CT molecular complexity index is 975. The fraction of sp³-hybridized carbons (Fsp3) is 0.548. The molecule has 0 saturated carbocycles. The number of rotatable bonds is 4. The van der Waals surface area contributed by atoms with Gasteiger partial charge in [-0.1, -0.05) is 72.3 Å². The van der Waals surface area contributed by atoms with E-state index in [2.05, 4.69) is 31.7 Å². The normalized spacial score (nSPS) is 33.6. The first-order valence-electron chi connectivity index (χ1n) is 13.6. The Labute approximate surface area is 227 Å². The Morgan fingerprint density at radius 1 is 1.18 bits per heavy atom. The average molecular weight is 526 g/mol. The van der Waals surface area contributed by atoms with Crippen molar-refractivity contribution in [3.8, 4) is 0 Å². The van der Waals surface area contributed by atoms with Crippen LogP contribution in [-0.4, -0.2) is 61.0 Å². The van der Waals surface area contributed by atoms with Crippen LogP contribution in [0.4, 0.5) is 0 Å². The SMILES string of the molecule is C=C1CC(=NOC)/C=C/CC(C(O)C=CC2CC(C)=CCO2)OC(=O)/C=C/CC2C=CCC(CC(C)C1)O2. The number of allylic oxidation sites excluding steroid dienone is 2. The van der Waals surface area contributed by atoms with Crippen LogP contribution in [0, 0.1) is 5.92 Å². The van der Waals surface area contributed by atoms with E-state index in [-0.39, 0.29) is 18.3 Å². The van der Waals surface area contributed by atoms with Crippen LogP contribution in [0.25, 0.3) is 0 Å². The smallest absolute Gasteiger partial charge is 0.330 e. The molecule has 0 aromatic heterocycles. The molecule has 3 heterocycles. The third-order valence-corrected chi connectivity index (χ3v) is 6.80. The zero-order chi connectivity index (χ0) is 27.3. The molecule has 7 heteroatoms. The zero-order valence-corrected chi connectivity index (χ0v) is 23.0. The molecule has 7 nitrogen and oxygen atoms in total. The second kappa shape index (κ2) is 15.6. The van der Waals surface area contributed by atoms with Gasteiger partial charge < -0.3 is 24.2 Å². The van der Waals surface area contributed by atoms with Crippen molar-refractivity contribution in [2.75, 3.05) is 13.7 Å². The third-order valence-electron chi connectivity index (χ3n) is 6.80. The van der Waals surface area contributed by atoms with Gasteiger partial charge in [0, 0.05) is 18.9 Å². The number of hydrogen-bond acceptors (Lipinski definition) is 7. The highest BCUT2D eigenvalue weighted by molar-refractivity contribution is 5.96. The van der Waals surface area contributed by atoms with Crippen molar-refractivity contribution in [3.63, 3.8) is 0 Å². The topological polar surface area (TPSA) is 86.6 Å². The number of cyclic esters (lactones) is 1. The van der Waals surface area contributed by atoms with Crippen LogP contribution in [0.2, 0.25) is 0 Å². The second-order valence-electron chi connectivity index (χ2n) is 10.5. The Kier molecular flexibility index (Phi) is 12.3. The van der Waals surface area contributed by atoms with Gasteiger partial charge in [-0.05, 0) is 51.0 Å². The molecule has 0 aromatic rings. The Hall–Kier alpha value is -2.74. The molecule has 0 saturated heterocycles. The predicted molar refractivity (Wildman–Crippen MR) is 150 cm³/mol. The molecule has 0 radical (unpaired) electrons. The van der Waals surface area contributed by atoms with Gasteiger partial charge in [0.1, 0.15) is 19.3 Å². The highest BCUT2D eigenvalue weighted by Gasteiger charge is 2.23. The van der Waals surface area contributed by atoms with Crippen LogP contribution in [-0.2, 0) is 23.8 Å². The molecule has 2 bridgehead atoms. The van der Waals surface area contributed by atoms with Crippen LogP contribution in [0.1, 0.15) is 58.8 Å². The van der Waals surface area contributed by atoms with Crippen molar-refractivity contribution >= 4 is 11.7 Å². The molecule has 0 amide bonds. The zero-order valence-electron chi connectivity index (χ0n) is 23.0. The first kappa shape index (κ1) is 29.8. The van der Waals surface area contributed by atoms with E-state index >= 15 is 0 Å². The van der Waals surface area contributed by atoms with E-state index < -0.39 is 18.2 Å². The molecule has 6 unspecified atom stereocenters. The van der Waals surface area contributed by atoms with Gasteiger partial charge >= 0.3 is 5.97 Å². The summed E-state index contributed by atoms with van der Waals surface area (Å²) in [5, 5.41) is 15.1. The summed E-state index contributed by atoms with van der Waals surface area (Å²) in [7, 11) is 1.51. The van der Waals surface area contributed by atoms with E-state index in [1.807, 2.05) is 30.4 Å². The molecular formula is C31H43NO6. The van der Waals surface area contributed by atoms with E-state index in [0.717, 1.165) is 37.0 Å². The van der Waals surface area contributed by atoms with Crippen LogP contribution >= 0.6 is 0 Å². The number of fused-ring (bicyclic) bond motifs is 2. The third kappa shape index (κ3) is 10.6. The van der Waals surface area contributed by atoms with E-state index in [1.54, 1.807) is 12.2 Å². The summed E-state index contributed by atoms with van der Waals surface area (Å²) in [5.41, 5.74) is 3.03. The number of nitrogens with zero attached hydrogens (tertiary/aromatic N) is 1. The van der Waals surface area contributed by atoms with E-state index in [9.17, 15) is 9.90 Å². The fourth-order valence-electron chi connectivity index (χ4n) is 4.95. The van der Waals surface area contributed by atoms with Gasteiger partial charge in [0.25, 0.3) is 0 Å². The van der Waals surface area contributed by atoms with Gasteiger partial charge in [0.15, 0.2) is 0 Å². The van der Waals surface area contributed by atoms with Crippen molar-refractivity contribution in [2.24, 2.45) is 11.1 Å². The molecule has 6 atom stereocenters. The van der Waals surface area contributed by atoms with Crippen LogP contribution < -0.4 is 0 Å². The van der Waals surface area contributed by atoms with Crippen LogP contribution in [0.3, 0.4) is 0 Å². The summed E-state index contributed by atoms with van der Waals surface area (Å²) in [6, 6.07) is 0. The van der Waals surface area contributed by atoms with Crippen molar-refractivity contribution in [3.05, 3.63) is 72.4 Å². The molecule has 0 aliphatic carbocycles. The van der Waals surface area contributed by atoms with Crippen LogP contribution in [0.5, 0.6) is 0 Å². The lowest BCUT2D eigenvalue weighted by Crippen LogP contribution is -2.30. The van der Waals surface area contributed by atoms with Crippen molar-refractivity contribution in [1.29, 1.82) is 0 Å². The number of esters is 1.